The molecule has 23 heavy (non-hydrogen) atoms. The molecule has 1 heterocycles. The Balaban J connectivity index is 1.56. The lowest BCUT2D eigenvalue weighted by molar-refractivity contribution is -0.127. The van der Waals surface area contributed by atoms with Gasteiger partial charge in [-0.2, -0.15) is 0 Å². The summed E-state index contributed by atoms with van der Waals surface area (Å²) in [7, 11) is 0. The minimum Gasteiger partial charge on any atom is -0.512 e. The SMILES string of the molecule is CC(NC(=O)C1CCC2N=CN=CC2C1)C1CC(Cl)CC=C1O. The molecular formula is C17H24ClN3O2. The number of aliphatic imine (C=N–C) groups is 2. The van der Waals surface area contributed by atoms with Crippen LogP contribution in [-0.2, 0) is 4.79 Å². The van der Waals surface area contributed by atoms with Crippen molar-refractivity contribution in [3.8, 4) is 0 Å². The monoisotopic (exact) mass is 337 g/mol. The molecule has 0 saturated heterocycles. The first kappa shape index (κ1) is 16.5. The molecule has 0 spiro atoms. The summed E-state index contributed by atoms with van der Waals surface area (Å²) in [6, 6.07) is 0.173. The Morgan fingerprint density at radius 1 is 1.43 bits per heavy atom. The molecule has 6 heteroatoms. The smallest absolute Gasteiger partial charge is 0.223 e. The van der Waals surface area contributed by atoms with Crippen molar-refractivity contribution >= 4 is 30.1 Å². The van der Waals surface area contributed by atoms with Gasteiger partial charge in [-0.05, 0) is 45.1 Å². The lowest BCUT2D eigenvalue weighted by atomic mass is 9.77. The molecule has 1 aliphatic heterocycles. The summed E-state index contributed by atoms with van der Waals surface area (Å²) in [5.41, 5.74) is 0. The van der Waals surface area contributed by atoms with Crippen LogP contribution < -0.4 is 5.32 Å². The van der Waals surface area contributed by atoms with E-state index in [4.69, 9.17) is 11.6 Å². The van der Waals surface area contributed by atoms with Gasteiger partial charge in [0.15, 0.2) is 0 Å². The third-order valence-electron chi connectivity index (χ3n) is 5.28. The van der Waals surface area contributed by atoms with Crippen molar-refractivity contribution in [2.45, 2.75) is 56.5 Å². The fourth-order valence-corrected chi connectivity index (χ4v) is 4.12. The first-order valence-electron chi connectivity index (χ1n) is 8.43. The van der Waals surface area contributed by atoms with Crippen molar-refractivity contribution in [3.05, 3.63) is 11.8 Å². The molecule has 3 rings (SSSR count). The van der Waals surface area contributed by atoms with Gasteiger partial charge < -0.3 is 10.4 Å². The number of nitrogens with one attached hydrogen (secondary N) is 1. The van der Waals surface area contributed by atoms with Crippen LogP contribution in [0.5, 0.6) is 0 Å². The van der Waals surface area contributed by atoms with Crippen molar-refractivity contribution in [1.29, 1.82) is 0 Å². The quantitative estimate of drug-likeness (QED) is 0.777. The molecule has 0 aromatic heterocycles. The highest BCUT2D eigenvalue weighted by Crippen LogP contribution is 2.33. The maximum Gasteiger partial charge on any atom is 0.223 e. The van der Waals surface area contributed by atoms with Gasteiger partial charge in [-0.3, -0.25) is 9.79 Å². The highest BCUT2D eigenvalue weighted by atomic mass is 35.5. The van der Waals surface area contributed by atoms with Crippen molar-refractivity contribution in [1.82, 2.24) is 5.32 Å². The van der Waals surface area contributed by atoms with Gasteiger partial charge in [-0.15, -0.1) is 11.6 Å². The average molecular weight is 338 g/mol. The first-order valence-corrected chi connectivity index (χ1v) is 8.86. The van der Waals surface area contributed by atoms with Crippen LogP contribution in [-0.4, -0.2) is 41.0 Å². The van der Waals surface area contributed by atoms with Crippen molar-refractivity contribution < 1.29 is 9.90 Å². The summed E-state index contributed by atoms with van der Waals surface area (Å²) in [6.45, 7) is 1.94. The molecule has 0 bridgehead atoms. The number of carbonyl (C=O) groups excluding carboxylic acids is 1. The van der Waals surface area contributed by atoms with Gasteiger partial charge in [0.05, 0.1) is 11.8 Å². The van der Waals surface area contributed by atoms with E-state index in [1.54, 1.807) is 12.4 Å². The fraction of sp³-hybridized carbons (Fsp3) is 0.706. The summed E-state index contributed by atoms with van der Waals surface area (Å²) < 4.78 is 0. The highest BCUT2D eigenvalue weighted by molar-refractivity contribution is 6.20. The molecule has 2 N–H and O–H groups in total. The number of rotatable bonds is 3. The lowest BCUT2D eigenvalue weighted by Gasteiger charge is -2.34. The maximum atomic E-state index is 12.6. The van der Waals surface area contributed by atoms with Crippen LogP contribution in [0.1, 0.15) is 39.0 Å². The number of fused-ring (bicyclic) bond motifs is 1. The van der Waals surface area contributed by atoms with E-state index < -0.39 is 0 Å². The molecule has 1 saturated carbocycles. The summed E-state index contributed by atoms with van der Waals surface area (Å²) in [5, 5.41) is 13.2. The van der Waals surface area contributed by atoms with Gasteiger partial charge in [-0.25, -0.2) is 4.99 Å². The summed E-state index contributed by atoms with van der Waals surface area (Å²) in [4.78, 5) is 21.1. The first-order chi connectivity index (χ1) is 11.0. The number of hydrogen-bond acceptors (Lipinski definition) is 4. The van der Waals surface area contributed by atoms with Crippen LogP contribution in [0, 0.1) is 17.8 Å². The second-order valence-electron chi connectivity index (χ2n) is 6.91. The Bertz CT molecular complexity index is 546. The minimum absolute atomic E-state index is 0.0000357. The van der Waals surface area contributed by atoms with Crippen LogP contribution >= 0.6 is 11.6 Å². The number of amides is 1. The largest absolute Gasteiger partial charge is 0.512 e. The molecule has 3 aliphatic rings. The van der Waals surface area contributed by atoms with Crippen LogP contribution in [0.2, 0.25) is 0 Å². The van der Waals surface area contributed by atoms with Crippen LogP contribution in [0.25, 0.3) is 0 Å². The Hall–Kier alpha value is -1.36. The van der Waals surface area contributed by atoms with Gasteiger partial charge >= 0.3 is 0 Å². The Labute approximate surface area is 141 Å². The van der Waals surface area contributed by atoms with E-state index in [2.05, 4.69) is 15.3 Å². The van der Waals surface area contributed by atoms with E-state index >= 15 is 0 Å². The second kappa shape index (κ2) is 7.04. The second-order valence-corrected chi connectivity index (χ2v) is 7.52. The Kier molecular flexibility index (Phi) is 5.05. The third-order valence-corrected chi connectivity index (χ3v) is 5.64. The Morgan fingerprint density at radius 3 is 3.09 bits per heavy atom. The number of nitrogens with zero attached hydrogens (tertiary/aromatic N) is 2. The number of allylic oxidation sites excluding steroid dienone is 1. The zero-order valence-corrected chi connectivity index (χ0v) is 14.1. The molecule has 6 atom stereocenters. The van der Waals surface area contributed by atoms with Crippen molar-refractivity contribution in [2.24, 2.45) is 27.7 Å². The van der Waals surface area contributed by atoms with Gasteiger partial charge in [0.25, 0.3) is 0 Å². The number of carbonyl (C=O) groups is 1. The zero-order valence-electron chi connectivity index (χ0n) is 13.4. The van der Waals surface area contributed by atoms with Gasteiger partial charge in [0, 0.05) is 35.4 Å². The molecule has 5 nitrogen and oxygen atoms in total. The normalized spacial score (nSPS) is 37.7. The number of alkyl halides is 1. The summed E-state index contributed by atoms with van der Waals surface area (Å²) in [6.07, 6.45) is 9.29. The molecule has 0 aromatic rings. The van der Waals surface area contributed by atoms with Gasteiger partial charge in [-0.1, -0.05) is 0 Å². The summed E-state index contributed by atoms with van der Waals surface area (Å²) >= 11 is 6.19. The van der Waals surface area contributed by atoms with Crippen molar-refractivity contribution in [3.63, 3.8) is 0 Å². The van der Waals surface area contributed by atoms with E-state index in [1.165, 1.54) is 0 Å². The van der Waals surface area contributed by atoms with Gasteiger partial charge in [0.2, 0.25) is 5.91 Å². The predicted molar refractivity (Wildman–Crippen MR) is 92.3 cm³/mol. The maximum absolute atomic E-state index is 12.6. The van der Waals surface area contributed by atoms with Crippen LogP contribution in [0.3, 0.4) is 0 Å². The molecule has 1 fully saturated rings. The predicted octanol–water partition coefficient (Wildman–Crippen LogP) is 2.85. The number of hydrogen-bond donors (Lipinski definition) is 2. The van der Waals surface area contributed by atoms with E-state index in [1.807, 2.05) is 13.1 Å². The van der Waals surface area contributed by atoms with Gasteiger partial charge in [0.1, 0.15) is 6.34 Å². The van der Waals surface area contributed by atoms with Crippen molar-refractivity contribution in [2.75, 3.05) is 0 Å². The molecule has 0 aromatic carbocycles. The number of aliphatic hydroxyl groups excluding tert-OH is 1. The third kappa shape index (κ3) is 3.77. The zero-order chi connectivity index (χ0) is 16.4. The average Bonchev–Trinajstić information content (AvgIpc) is 2.56. The fourth-order valence-electron chi connectivity index (χ4n) is 3.84. The topological polar surface area (TPSA) is 74.0 Å². The number of aliphatic hydroxyl groups is 1. The molecular weight excluding hydrogens is 314 g/mol. The van der Waals surface area contributed by atoms with Crippen LogP contribution in [0.15, 0.2) is 21.8 Å². The summed E-state index contributed by atoms with van der Waals surface area (Å²) in [5.74, 6) is 0.609. The molecule has 6 unspecified atom stereocenters. The highest BCUT2D eigenvalue weighted by Gasteiger charge is 2.35. The van der Waals surface area contributed by atoms with E-state index in [0.29, 0.717) is 18.6 Å². The van der Waals surface area contributed by atoms with Crippen LogP contribution in [0.4, 0.5) is 0 Å². The lowest BCUT2D eigenvalue weighted by Crippen LogP contribution is -2.45. The Morgan fingerprint density at radius 2 is 2.26 bits per heavy atom. The molecule has 126 valence electrons. The minimum atomic E-state index is -0.115. The standard InChI is InChI=1S/C17H24ClN3O2/c1-10(14-7-13(18)3-5-16(14)22)21-17(23)11-2-4-15-12(6-11)8-19-9-20-15/h5,8-15,22H,2-4,6-7H2,1H3,(H,21,23). The number of halogens is 1. The molecule has 2 aliphatic carbocycles. The van der Waals surface area contributed by atoms with E-state index in [9.17, 15) is 9.90 Å². The van der Waals surface area contributed by atoms with E-state index in [0.717, 1.165) is 19.3 Å². The van der Waals surface area contributed by atoms with E-state index in [-0.39, 0.29) is 41.1 Å². The molecule has 0 radical (unpaired) electrons. The molecule has 1 amide bonds.